The molecule has 0 bridgehead atoms. The lowest BCUT2D eigenvalue weighted by Crippen LogP contribution is -2.49. The Balaban J connectivity index is 4.00. The lowest BCUT2D eigenvalue weighted by molar-refractivity contribution is -0.000709. The summed E-state index contributed by atoms with van der Waals surface area (Å²) in [5.41, 5.74) is 2.72. The number of rotatable bonds is 7. The van der Waals surface area contributed by atoms with Crippen molar-refractivity contribution in [1.82, 2.24) is 5.43 Å². The van der Waals surface area contributed by atoms with Gasteiger partial charge in [0.1, 0.15) is 0 Å². The Kier molecular flexibility index (Phi) is 7.17. The summed E-state index contributed by atoms with van der Waals surface area (Å²) in [6.45, 7) is 7.45. The SMILES string of the molecule is CCOCC(NN)C(OC)C(C)C. The van der Waals surface area contributed by atoms with Gasteiger partial charge in [-0.1, -0.05) is 13.8 Å². The van der Waals surface area contributed by atoms with E-state index in [1.54, 1.807) is 7.11 Å². The smallest absolute Gasteiger partial charge is 0.0783 e. The standard InChI is InChI=1S/C9H22N2O2/c1-5-13-6-8(11-10)9(12-4)7(2)3/h7-9,11H,5-6,10H2,1-4H3. The van der Waals surface area contributed by atoms with Crippen LogP contribution in [0.5, 0.6) is 0 Å². The zero-order valence-corrected chi connectivity index (χ0v) is 9.04. The number of methoxy groups -OCH3 is 1. The van der Waals surface area contributed by atoms with Gasteiger partial charge in [-0.2, -0.15) is 0 Å². The molecule has 0 aromatic heterocycles. The van der Waals surface area contributed by atoms with Crippen LogP contribution in [0.15, 0.2) is 0 Å². The fourth-order valence-electron chi connectivity index (χ4n) is 1.38. The van der Waals surface area contributed by atoms with Gasteiger partial charge in [-0.25, -0.2) is 0 Å². The van der Waals surface area contributed by atoms with Crippen molar-refractivity contribution in [2.24, 2.45) is 11.8 Å². The van der Waals surface area contributed by atoms with Crippen molar-refractivity contribution in [3.05, 3.63) is 0 Å². The quantitative estimate of drug-likeness (QED) is 0.454. The van der Waals surface area contributed by atoms with E-state index in [2.05, 4.69) is 19.3 Å². The summed E-state index contributed by atoms with van der Waals surface area (Å²) >= 11 is 0. The van der Waals surface area contributed by atoms with Crippen LogP contribution in [0.1, 0.15) is 20.8 Å². The maximum atomic E-state index is 5.42. The van der Waals surface area contributed by atoms with E-state index in [9.17, 15) is 0 Å². The first-order valence-corrected chi connectivity index (χ1v) is 4.74. The van der Waals surface area contributed by atoms with Crippen molar-refractivity contribution < 1.29 is 9.47 Å². The van der Waals surface area contributed by atoms with Gasteiger partial charge in [0.2, 0.25) is 0 Å². The minimum absolute atomic E-state index is 0.0601. The van der Waals surface area contributed by atoms with Crippen molar-refractivity contribution in [3.8, 4) is 0 Å². The molecule has 0 radical (unpaired) electrons. The molecule has 0 aliphatic rings. The summed E-state index contributed by atoms with van der Waals surface area (Å²) in [6, 6.07) is 0.0601. The lowest BCUT2D eigenvalue weighted by atomic mass is 10.0. The van der Waals surface area contributed by atoms with Gasteiger partial charge < -0.3 is 9.47 Å². The number of nitrogens with one attached hydrogen (secondary N) is 1. The number of hydrogen-bond acceptors (Lipinski definition) is 4. The summed E-state index contributed by atoms with van der Waals surface area (Å²) in [5, 5.41) is 0. The molecule has 3 N–H and O–H groups in total. The molecule has 0 saturated heterocycles. The third-order valence-corrected chi connectivity index (χ3v) is 2.04. The highest BCUT2D eigenvalue weighted by molar-refractivity contribution is 4.77. The van der Waals surface area contributed by atoms with Gasteiger partial charge in [0.25, 0.3) is 0 Å². The Labute approximate surface area is 80.7 Å². The summed E-state index contributed by atoms with van der Waals surface area (Å²) in [7, 11) is 1.70. The van der Waals surface area contributed by atoms with Gasteiger partial charge in [-0.15, -0.1) is 0 Å². The first-order valence-electron chi connectivity index (χ1n) is 4.74. The monoisotopic (exact) mass is 190 g/mol. The molecule has 13 heavy (non-hydrogen) atoms. The van der Waals surface area contributed by atoms with E-state index < -0.39 is 0 Å². The molecule has 0 spiro atoms. The number of ether oxygens (including phenoxy) is 2. The molecule has 2 unspecified atom stereocenters. The molecule has 2 atom stereocenters. The van der Waals surface area contributed by atoms with E-state index in [4.69, 9.17) is 15.3 Å². The van der Waals surface area contributed by atoms with Gasteiger partial charge >= 0.3 is 0 Å². The molecule has 0 fully saturated rings. The molecule has 4 heteroatoms. The van der Waals surface area contributed by atoms with Crippen molar-refractivity contribution in [3.63, 3.8) is 0 Å². The number of hydrazine groups is 1. The van der Waals surface area contributed by atoms with Crippen LogP contribution in [0, 0.1) is 5.92 Å². The van der Waals surface area contributed by atoms with Crippen molar-refractivity contribution in [1.29, 1.82) is 0 Å². The maximum absolute atomic E-state index is 5.42. The van der Waals surface area contributed by atoms with Crippen LogP contribution in [0.4, 0.5) is 0 Å². The topological polar surface area (TPSA) is 56.5 Å². The fraction of sp³-hybridized carbons (Fsp3) is 1.00. The van der Waals surface area contributed by atoms with Crippen LogP contribution in [0.2, 0.25) is 0 Å². The van der Waals surface area contributed by atoms with E-state index in [0.29, 0.717) is 19.1 Å². The lowest BCUT2D eigenvalue weighted by Gasteiger charge is -2.28. The molecular formula is C9H22N2O2. The second-order valence-corrected chi connectivity index (χ2v) is 3.38. The molecule has 0 aliphatic heterocycles. The highest BCUT2D eigenvalue weighted by atomic mass is 16.5. The van der Waals surface area contributed by atoms with Crippen molar-refractivity contribution in [2.45, 2.75) is 32.9 Å². The van der Waals surface area contributed by atoms with Gasteiger partial charge in [0.05, 0.1) is 18.8 Å². The van der Waals surface area contributed by atoms with Gasteiger partial charge in [-0.05, 0) is 12.8 Å². The van der Waals surface area contributed by atoms with E-state index in [-0.39, 0.29) is 12.1 Å². The molecule has 0 heterocycles. The van der Waals surface area contributed by atoms with Crippen LogP contribution >= 0.6 is 0 Å². The normalized spacial score (nSPS) is 16.2. The minimum atomic E-state index is 0.0601. The van der Waals surface area contributed by atoms with Gasteiger partial charge in [0.15, 0.2) is 0 Å². The minimum Gasteiger partial charge on any atom is -0.380 e. The van der Waals surface area contributed by atoms with Crippen molar-refractivity contribution in [2.75, 3.05) is 20.3 Å². The average molecular weight is 190 g/mol. The zero-order valence-electron chi connectivity index (χ0n) is 9.04. The highest BCUT2D eigenvalue weighted by Gasteiger charge is 2.23. The van der Waals surface area contributed by atoms with E-state index in [1.807, 2.05) is 6.92 Å². The summed E-state index contributed by atoms with van der Waals surface area (Å²) < 4.78 is 10.6. The van der Waals surface area contributed by atoms with Gasteiger partial charge in [-0.3, -0.25) is 11.3 Å². The van der Waals surface area contributed by atoms with Crippen LogP contribution in [0.3, 0.4) is 0 Å². The second kappa shape index (κ2) is 7.26. The second-order valence-electron chi connectivity index (χ2n) is 3.38. The van der Waals surface area contributed by atoms with Gasteiger partial charge in [0, 0.05) is 13.7 Å². The third kappa shape index (κ3) is 4.57. The van der Waals surface area contributed by atoms with E-state index in [1.165, 1.54) is 0 Å². The number of nitrogens with two attached hydrogens (primary N) is 1. The Morgan fingerprint density at radius 3 is 2.31 bits per heavy atom. The largest absolute Gasteiger partial charge is 0.380 e. The Morgan fingerprint density at radius 2 is 2.00 bits per heavy atom. The highest BCUT2D eigenvalue weighted by Crippen LogP contribution is 2.10. The predicted molar refractivity (Wildman–Crippen MR) is 53.2 cm³/mol. The maximum Gasteiger partial charge on any atom is 0.0783 e. The molecule has 0 saturated carbocycles. The van der Waals surface area contributed by atoms with E-state index in [0.717, 1.165) is 0 Å². The average Bonchev–Trinajstić information content (AvgIpc) is 2.11. The molecular weight excluding hydrogens is 168 g/mol. The van der Waals surface area contributed by atoms with E-state index >= 15 is 0 Å². The van der Waals surface area contributed by atoms with Crippen LogP contribution < -0.4 is 11.3 Å². The summed E-state index contributed by atoms with van der Waals surface area (Å²) in [6.07, 6.45) is 0.0940. The first kappa shape index (κ1) is 12.8. The van der Waals surface area contributed by atoms with Crippen LogP contribution in [-0.4, -0.2) is 32.5 Å². The molecule has 0 amide bonds. The van der Waals surface area contributed by atoms with Crippen molar-refractivity contribution >= 4 is 0 Å². The molecule has 0 aliphatic carbocycles. The summed E-state index contributed by atoms with van der Waals surface area (Å²) in [5.74, 6) is 5.84. The molecule has 0 aromatic carbocycles. The Morgan fingerprint density at radius 1 is 1.38 bits per heavy atom. The molecule has 0 rings (SSSR count). The zero-order chi connectivity index (χ0) is 10.3. The Hall–Kier alpha value is -0.160. The predicted octanol–water partition coefficient (Wildman–Crippen LogP) is 0.526. The molecule has 4 nitrogen and oxygen atoms in total. The van der Waals surface area contributed by atoms with Crippen LogP contribution in [-0.2, 0) is 9.47 Å². The third-order valence-electron chi connectivity index (χ3n) is 2.04. The number of hydrogen-bond donors (Lipinski definition) is 2. The summed E-state index contributed by atoms with van der Waals surface area (Å²) in [4.78, 5) is 0. The molecule has 80 valence electrons. The fourth-order valence-corrected chi connectivity index (χ4v) is 1.38. The van der Waals surface area contributed by atoms with Crippen LogP contribution in [0.25, 0.3) is 0 Å². The first-order chi connectivity index (χ1) is 6.17. The molecule has 0 aromatic rings. The Bertz CT molecular complexity index is 120.